The van der Waals surface area contributed by atoms with Crippen molar-refractivity contribution in [1.29, 1.82) is 0 Å². The summed E-state index contributed by atoms with van der Waals surface area (Å²) in [5, 5.41) is 7.20. The molecule has 1 aromatic carbocycles. The molecular formula is C18H27N3O2S. The zero-order chi connectivity index (χ0) is 17.4. The fraction of sp³-hybridized carbons (Fsp3) is 0.556. The molecule has 1 fully saturated rings. The Hall–Kier alpha value is -1.82. The molecule has 0 aromatic heterocycles. The summed E-state index contributed by atoms with van der Waals surface area (Å²) in [4.78, 5) is 14.5. The van der Waals surface area contributed by atoms with Crippen LogP contribution in [-0.4, -0.2) is 48.2 Å². The van der Waals surface area contributed by atoms with Gasteiger partial charge in [-0.25, -0.2) is 0 Å². The molecule has 1 amide bonds. The molecule has 0 atom stereocenters. The summed E-state index contributed by atoms with van der Waals surface area (Å²) in [5.41, 5.74) is 0.668. The van der Waals surface area contributed by atoms with E-state index in [9.17, 15) is 4.79 Å². The molecular weight excluding hydrogens is 322 g/mol. The predicted molar refractivity (Wildman–Crippen MR) is 101 cm³/mol. The van der Waals surface area contributed by atoms with E-state index in [1.807, 2.05) is 19.1 Å². The Kier molecular flexibility index (Phi) is 7.31. The largest absolute Gasteiger partial charge is 0.494 e. The lowest BCUT2D eigenvalue weighted by Gasteiger charge is -2.34. The molecule has 0 saturated carbocycles. The Balaban J connectivity index is 1.78. The van der Waals surface area contributed by atoms with E-state index in [-0.39, 0.29) is 11.9 Å². The fourth-order valence-electron chi connectivity index (χ4n) is 2.71. The minimum Gasteiger partial charge on any atom is -0.494 e. The molecule has 1 saturated heterocycles. The van der Waals surface area contributed by atoms with Crippen molar-refractivity contribution in [2.45, 2.75) is 39.2 Å². The molecule has 1 aliphatic rings. The average molecular weight is 350 g/mol. The Morgan fingerprint density at radius 2 is 1.92 bits per heavy atom. The van der Waals surface area contributed by atoms with Gasteiger partial charge >= 0.3 is 0 Å². The molecule has 0 radical (unpaired) electrons. The molecule has 6 heteroatoms. The number of hydrogen-bond acceptors (Lipinski definition) is 3. The Labute approximate surface area is 149 Å². The smallest absolute Gasteiger partial charge is 0.251 e. The van der Waals surface area contributed by atoms with Crippen molar-refractivity contribution in [1.82, 2.24) is 15.5 Å². The van der Waals surface area contributed by atoms with Crippen molar-refractivity contribution >= 4 is 23.2 Å². The molecule has 132 valence electrons. The molecule has 1 heterocycles. The maximum Gasteiger partial charge on any atom is 0.251 e. The normalized spacial score (nSPS) is 15.0. The minimum atomic E-state index is -0.0248. The van der Waals surface area contributed by atoms with Gasteiger partial charge in [-0.1, -0.05) is 6.92 Å². The topological polar surface area (TPSA) is 53.6 Å². The van der Waals surface area contributed by atoms with Crippen LogP contribution in [0.5, 0.6) is 5.75 Å². The second-order valence-corrected chi connectivity index (χ2v) is 6.31. The van der Waals surface area contributed by atoms with Crippen LogP contribution in [0, 0.1) is 0 Å². The number of thiocarbonyl (C=S) groups is 1. The highest BCUT2D eigenvalue weighted by Gasteiger charge is 2.22. The third-order valence-corrected chi connectivity index (χ3v) is 4.47. The number of nitrogens with one attached hydrogen (secondary N) is 2. The van der Waals surface area contributed by atoms with Crippen molar-refractivity contribution in [2.24, 2.45) is 0 Å². The highest BCUT2D eigenvalue weighted by atomic mass is 32.1. The van der Waals surface area contributed by atoms with Gasteiger partial charge in [0.1, 0.15) is 5.75 Å². The number of carbonyl (C=O) groups is 1. The van der Waals surface area contributed by atoms with Gasteiger partial charge in [0.25, 0.3) is 5.91 Å². The Morgan fingerprint density at radius 3 is 2.50 bits per heavy atom. The van der Waals surface area contributed by atoms with Gasteiger partial charge in [0.2, 0.25) is 0 Å². The molecule has 0 unspecified atom stereocenters. The van der Waals surface area contributed by atoms with E-state index in [1.165, 1.54) is 0 Å². The highest BCUT2D eigenvalue weighted by Crippen LogP contribution is 2.14. The van der Waals surface area contributed by atoms with Crippen molar-refractivity contribution < 1.29 is 9.53 Å². The monoisotopic (exact) mass is 349 g/mol. The van der Waals surface area contributed by atoms with Crippen LogP contribution in [0.15, 0.2) is 24.3 Å². The van der Waals surface area contributed by atoms with Gasteiger partial charge < -0.3 is 20.3 Å². The van der Waals surface area contributed by atoms with E-state index in [1.54, 1.807) is 12.1 Å². The van der Waals surface area contributed by atoms with E-state index >= 15 is 0 Å². The summed E-state index contributed by atoms with van der Waals surface area (Å²) >= 11 is 5.39. The van der Waals surface area contributed by atoms with Crippen molar-refractivity contribution in [3.8, 4) is 5.75 Å². The maximum atomic E-state index is 12.3. The first-order valence-electron chi connectivity index (χ1n) is 8.70. The lowest BCUT2D eigenvalue weighted by Crippen LogP contribution is -2.49. The standard InChI is InChI=1S/C18H27N3O2S/c1-3-11-19-18(24)21-12-9-15(10-13-21)20-17(22)14-5-7-16(8-6-14)23-4-2/h5-8,15H,3-4,9-13H2,1-2H3,(H,19,24)(H,20,22). The van der Waals surface area contributed by atoms with Gasteiger partial charge in [-0.05, 0) is 62.7 Å². The first-order valence-corrected chi connectivity index (χ1v) is 9.11. The molecule has 0 spiro atoms. The number of benzene rings is 1. The van der Waals surface area contributed by atoms with E-state index < -0.39 is 0 Å². The van der Waals surface area contributed by atoms with Gasteiger partial charge in [0.15, 0.2) is 5.11 Å². The van der Waals surface area contributed by atoms with E-state index in [0.717, 1.165) is 49.8 Å². The van der Waals surface area contributed by atoms with Crippen LogP contribution in [0.1, 0.15) is 43.5 Å². The van der Waals surface area contributed by atoms with Crippen LogP contribution >= 0.6 is 12.2 Å². The third kappa shape index (κ3) is 5.37. The molecule has 2 rings (SSSR count). The van der Waals surface area contributed by atoms with Crippen molar-refractivity contribution in [3.05, 3.63) is 29.8 Å². The third-order valence-electron chi connectivity index (χ3n) is 4.07. The van der Waals surface area contributed by atoms with Crippen LogP contribution < -0.4 is 15.4 Å². The Morgan fingerprint density at radius 1 is 1.25 bits per heavy atom. The van der Waals surface area contributed by atoms with Gasteiger partial charge in [0.05, 0.1) is 6.61 Å². The van der Waals surface area contributed by atoms with Crippen molar-refractivity contribution in [2.75, 3.05) is 26.2 Å². The SMILES string of the molecule is CCCNC(=S)N1CCC(NC(=O)c2ccc(OCC)cc2)CC1. The summed E-state index contributed by atoms with van der Waals surface area (Å²) in [6.45, 7) is 7.36. The molecule has 24 heavy (non-hydrogen) atoms. The van der Waals surface area contributed by atoms with Crippen LogP contribution in [0.3, 0.4) is 0 Å². The van der Waals surface area contributed by atoms with E-state index in [2.05, 4.69) is 22.5 Å². The van der Waals surface area contributed by atoms with Gasteiger partial charge in [-0.3, -0.25) is 4.79 Å². The number of piperidine rings is 1. The zero-order valence-corrected chi connectivity index (χ0v) is 15.3. The number of likely N-dealkylation sites (tertiary alicyclic amines) is 1. The summed E-state index contributed by atoms with van der Waals surface area (Å²) < 4.78 is 5.40. The number of hydrogen-bond donors (Lipinski definition) is 2. The zero-order valence-electron chi connectivity index (χ0n) is 14.5. The van der Waals surface area contributed by atoms with Gasteiger partial charge in [-0.15, -0.1) is 0 Å². The number of carbonyl (C=O) groups excluding carboxylic acids is 1. The number of nitrogens with zero attached hydrogens (tertiary/aromatic N) is 1. The number of amides is 1. The van der Waals surface area contributed by atoms with Crippen molar-refractivity contribution in [3.63, 3.8) is 0 Å². The van der Waals surface area contributed by atoms with Gasteiger partial charge in [0, 0.05) is 31.2 Å². The first kappa shape index (κ1) is 18.5. The molecule has 0 bridgehead atoms. The lowest BCUT2D eigenvalue weighted by molar-refractivity contribution is 0.0922. The quantitative estimate of drug-likeness (QED) is 0.773. The number of rotatable bonds is 6. The summed E-state index contributed by atoms with van der Waals surface area (Å²) in [5.74, 6) is 0.763. The fourth-order valence-corrected chi connectivity index (χ4v) is 2.99. The molecule has 2 N–H and O–H groups in total. The first-order chi connectivity index (χ1) is 11.6. The lowest BCUT2D eigenvalue weighted by atomic mass is 10.0. The highest BCUT2D eigenvalue weighted by molar-refractivity contribution is 7.80. The van der Waals surface area contributed by atoms with E-state index in [4.69, 9.17) is 17.0 Å². The Bertz CT molecular complexity index is 540. The average Bonchev–Trinajstić information content (AvgIpc) is 2.61. The predicted octanol–water partition coefficient (Wildman–Crippen LogP) is 2.56. The summed E-state index contributed by atoms with van der Waals surface area (Å²) in [6.07, 6.45) is 2.89. The minimum absolute atomic E-state index is 0.0248. The molecule has 1 aliphatic heterocycles. The summed E-state index contributed by atoms with van der Waals surface area (Å²) in [6, 6.07) is 7.48. The van der Waals surface area contributed by atoms with Crippen LogP contribution in [-0.2, 0) is 0 Å². The second kappa shape index (κ2) is 9.47. The van der Waals surface area contributed by atoms with Crippen LogP contribution in [0.25, 0.3) is 0 Å². The van der Waals surface area contributed by atoms with E-state index in [0.29, 0.717) is 12.2 Å². The molecule has 5 nitrogen and oxygen atoms in total. The maximum absolute atomic E-state index is 12.3. The number of ether oxygens (including phenoxy) is 1. The van der Waals surface area contributed by atoms with Crippen LogP contribution in [0.4, 0.5) is 0 Å². The second-order valence-electron chi connectivity index (χ2n) is 5.92. The molecule has 0 aliphatic carbocycles. The molecule has 1 aromatic rings. The van der Waals surface area contributed by atoms with Crippen LogP contribution in [0.2, 0.25) is 0 Å². The van der Waals surface area contributed by atoms with Gasteiger partial charge in [-0.2, -0.15) is 0 Å². The summed E-state index contributed by atoms with van der Waals surface area (Å²) in [7, 11) is 0.